The van der Waals surface area contributed by atoms with Gasteiger partial charge in [-0.25, -0.2) is 10.2 Å². The first kappa shape index (κ1) is 18.8. The number of benzene rings is 1. The van der Waals surface area contributed by atoms with E-state index in [-0.39, 0.29) is 0 Å². The lowest BCUT2D eigenvalue weighted by Gasteiger charge is -2.11. The molecule has 5 heteroatoms. The van der Waals surface area contributed by atoms with Crippen LogP contribution >= 0.6 is 11.6 Å². The van der Waals surface area contributed by atoms with Crippen LogP contribution in [0, 0.1) is 5.92 Å². The summed E-state index contributed by atoms with van der Waals surface area (Å²) in [6.07, 6.45) is 9.80. The van der Waals surface area contributed by atoms with E-state index in [2.05, 4.69) is 40.7 Å². The molecule has 0 aliphatic heterocycles. The molecule has 1 unspecified atom stereocenters. The first-order valence-electron chi connectivity index (χ1n) is 7.39. The Morgan fingerprint density at radius 2 is 2.04 bits per heavy atom. The number of hydrogen-bond donors (Lipinski definition) is 2. The van der Waals surface area contributed by atoms with Gasteiger partial charge in [-0.2, -0.15) is 0 Å². The number of carbonyl (C=O) groups is 1. The summed E-state index contributed by atoms with van der Waals surface area (Å²) in [5.74, 6) is 0.362. The molecule has 1 aromatic carbocycles. The standard InChI is InChI=1S/C18H23ClN2O2/c1-5-7-13(3)8-9-14(6-2)15-10-11-16(19)17(12-15)20-21-18(22)23-4/h5-13,20H,1-4H3,(H,21,22)/b7-5-,9-8-,14-6+. The summed E-state index contributed by atoms with van der Waals surface area (Å²) in [5, 5.41) is 0.506. The van der Waals surface area contributed by atoms with Crippen LogP contribution in [0.15, 0.2) is 48.6 Å². The Bertz CT molecular complexity index is 621. The van der Waals surface area contributed by atoms with Gasteiger partial charge in [0.2, 0.25) is 0 Å². The summed E-state index contributed by atoms with van der Waals surface area (Å²) in [4.78, 5) is 11.1. The summed E-state index contributed by atoms with van der Waals surface area (Å²) in [7, 11) is 1.30. The summed E-state index contributed by atoms with van der Waals surface area (Å²) in [6, 6.07) is 5.59. The number of nitrogens with one attached hydrogen (secondary N) is 2. The SMILES string of the molecule is C/C=C\C(C)/C=C\C(=C/C)c1ccc(Cl)c(NNC(=O)OC)c1. The number of amides is 1. The fourth-order valence-electron chi connectivity index (χ4n) is 1.95. The zero-order valence-electron chi connectivity index (χ0n) is 13.9. The van der Waals surface area contributed by atoms with Gasteiger partial charge in [0.05, 0.1) is 17.8 Å². The molecule has 0 aliphatic carbocycles. The Morgan fingerprint density at radius 1 is 1.30 bits per heavy atom. The van der Waals surface area contributed by atoms with Gasteiger partial charge in [-0.1, -0.05) is 55.0 Å². The van der Waals surface area contributed by atoms with E-state index in [1.165, 1.54) is 7.11 Å². The van der Waals surface area contributed by atoms with Crippen molar-refractivity contribution in [1.29, 1.82) is 0 Å². The molecule has 1 rings (SSSR count). The Balaban J connectivity index is 2.95. The van der Waals surface area contributed by atoms with Crippen LogP contribution in [0.25, 0.3) is 5.57 Å². The minimum Gasteiger partial charge on any atom is -0.452 e. The normalized spacial score (nSPS) is 13.3. The van der Waals surface area contributed by atoms with Crippen LogP contribution in [0.2, 0.25) is 5.02 Å². The average molecular weight is 335 g/mol. The largest absolute Gasteiger partial charge is 0.452 e. The predicted octanol–water partition coefficient (Wildman–Crippen LogP) is 5.19. The molecule has 1 amide bonds. The molecule has 0 heterocycles. The van der Waals surface area contributed by atoms with Gasteiger partial charge in [0.15, 0.2) is 0 Å². The van der Waals surface area contributed by atoms with E-state index in [1.54, 1.807) is 6.07 Å². The number of hydrogen-bond acceptors (Lipinski definition) is 3. The third kappa shape index (κ3) is 6.20. The zero-order valence-corrected chi connectivity index (χ0v) is 14.6. The van der Waals surface area contributed by atoms with E-state index < -0.39 is 6.09 Å². The van der Waals surface area contributed by atoms with Crippen molar-refractivity contribution in [1.82, 2.24) is 5.43 Å². The lowest BCUT2D eigenvalue weighted by atomic mass is 10.0. The highest BCUT2D eigenvalue weighted by Gasteiger charge is 2.06. The van der Waals surface area contributed by atoms with Crippen LogP contribution in [0.5, 0.6) is 0 Å². The van der Waals surface area contributed by atoms with Gasteiger partial charge in [0.1, 0.15) is 0 Å². The van der Waals surface area contributed by atoms with Crippen molar-refractivity contribution in [2.45, 2.75) is 20.8 Å². The van der Waals surface area contributed by atoms with Crippen molar-refractivity contribution in [2.24, 2.45) is 5.92 Å². The molecule has 4 nitrogen and oxygen atoms in total. The second-order valence-corrected chi connectivity index (χ2v) is 5.33. The highest BCUT2D eigenvalue weighted by Crippen LogP contribution is 2.27. The van der Waals surface area contributed by atoms with Gasteiger partial charge in [0, 0.05) is 0 Å². The number of allylic oxidation sites excluding steroid dienone is 6. The van der Waals surface area contributed by atoms with Crippen molar-refractivity contribution in [3.63, 3.8) is 0 Å². The Hall–Kier alpha value is -2.20. The van der Waals surface area contributed by atoms with Crippen LogP contribution in [-0.4, -0.2) is 13.2 Å². The fourth-order valence-corrected chi connectivity index (χ4v) is 2.12. The highest BCUT2D eigenvalue weighted by atomic mass is 35.5. The zero-order chi connectivity index (χ0) is 17.2. The molecule has 0 aliphatic rings. The van der Waals surface area contributed by atoms with Gasteiger partial charge in [-0.3, -0.25) is 5.43 Å². The van der Waals surface area contributed by atoms with E-state index in [1.807, 2.05) is 38.1 Å². The van der Waals surface area contributed by atoms with Crippen LogP contribution in [0.1, 0.15) is 26.3 Å². The third-order valence-electron chi connectivity index (χ3n) is 3.17. The number of hydrazine groups is 1. The van der Waals surface area contributed by atoms with Gasteiger partial charge in [0.25, 0.3) is 0 Å². The van der Waals surface area contributed by atoms with Gasteiger partial charge >= 0.3 is 6.09 Å². The van der Waals surface area contributed by atoms with E-state index >= 15 is 0 Å². The number of carbonyl (C=O) groups excluding carboxylic acids is 1. The predicted molar refractivity (Wildman–Crippen MR) is 97.4 cm³/mol. The number of methoxy groups -OCH3 is 1. The van der Waals surface area contributed by atoms with Crippen LogP contribution < -0.4 is 10.9 Å². The maximum Gasteiger partial charge on any atom is 0.425 e. The molecule has 0 saturated heterocycles. The second kappa shape index (κ2) is 9.74. The molecule has 0 spiro atoms. The summed E-state index contributed by atoms with van der Waals surface area (Å²) < 4.78 is 4.51. The molecule has 0 fully saturated rings. The summed E-state index contributed by atoms with van der Waals surface area (Å²) in [6.45, 7) is 6.11. The number of halogens is 1. The van der Waals surface area contributed by atoms with Crippen molar-refractivity contribution < 1.29 is 9.53 Å². The average Bonchev–Trinajstić information content (AvgIpc) is 2.55. The maximum absolute atomic E-state index is 11.1. The smallest absolute Gasteiger partial charge is 0.425 e. The Kier molecular flexibility index (Phi) is 7.98. The summed E-state index contributed by atoms with van der Waals surface area (Å²) >= 11 is 6.14. The molecule has 124 valence electrons. The molecule has 0 saturated carbocycles. The monoisotopic (exact) mass is 334 g/mol. The maximum atomic E-state index is 11.1. The first-order chi connectivity index (χ1) is 11.0. The lowest BCUT2D eigenvalue weighted by molar-refractivity contribution is 0.173. The number of anilines is 1. The molecule has 1 atom stereocenters. The number of rotatable bonds is 6. The van der Waals surface area contributed by atoms with Crippen molar-refractivity contribution in [3.05, 3.63) is 59.2 Å². The first-order valence-corrected chi connectivity index (χ1v) is 7.76. The van der Waals surface area contributed by atoms with Crippen LogP contribution in [0.3, 0.4) is 0 Å². The van der Waals surface area contributed by atoms with Crippen molar-refractivity contribution in [3.8, 4) is 0 Å². The van der Waals surface area contributed by atoms with Gasteiger partial charge in [-0.15, -0.1) is 0 Å². The Labute approximate surface area is 142 Å². The minimum absolute atomic E-state index is 0.362. The topological polar surface area (TPSA) is 50.4 Å². The molecular formula is C18H23ClN2O2. The molecule has 1 aromatic rings. The minimum atomic E-state index is -0.585. The second-order valence-electron chi connectivity index (χ2n) is 4.92. The molecule has 23 heavy (non-hydrogen) atoms. The Morgan fingerprint density at radius 3 is 2.65 bits per heavy atom. The third-order valence-corrected chi connectivity index (χ3v) is 3.50. The van der Waals surface area contributed by atoms with E-state index in [0.717, 1.165) is 11.1 Å². The quantitative estimate of drug-likeness (QED) is 0.427. The highest BCUT2D eigenvalue weighted by molar-refractivity contribution is 6.33. The molecule has 0 bridgehead atoms. The van der Waals surface area contributed by atoms with Crippen LogP contribution in [-0.2, 0) is 4.74 Å². The van der Waals surface area contributed by atoms with E-state index in [4.69, 9.17) is 11.6 Å². The summed E-state index contributed by atoms with van der Waals surface area (Å²) in [5.41, 5.74) is 7.81. The van der Waals surface area contributed by atoms with Crippen molar-refractivity contribution in [2.75, 3.05) is 12.5 Å². The van der Waals surface area contributed by atoms with Gasteiger partial charge in [-0.05, 0) is 43.0 Å². The van der Waals surface area contributed by atoms with Crippen molar-refractivity contribution >= 4 is 29.0 Å². The van der Waals surface area contributed by atoms with Gasteiger partial charge < -0.3 is 4.74 Å². The molecule has 0 radical (unpaired) electrons. The fraction of sp³-hybridized carbons (Fsp3) is 0.278. The van der Waals surface area contributed by atoms with E-state index in [9.17, 15) is 4.79 Å². The van der Waals surface area contributed by atoms with E-state index in [0.29, 0.717) is 16.6 Å². The van der Waals surface area contributed by atoms with Crippen LogP contribution in [0.4, 0.5) is 10.5 Å². The molecule has 2 N–H and O–H groups in total. The number of ether oxygens (including phenoxy) is 1. The molecule has 0 aromatic heterocycles. The lowest BCUT2D eigenvalue weighted by Crippen LogP contribution is -2.29. The molecular weight excluding hydrogens is 312 g/mol.